The van der Waals surface area contributed by atoms with Crippen LogP contribution < -0.4 is 0 Å². The van der Waals surface area contributed by atoms with Gasteiger partial charge in [-0.25, -0.2) is 9.78 Å². The molecular formula is C22H33N5O2. The largest absolute Gasteiger partial charge is 0.336 e. The molecule has 0 aromatic carbocycles. The zero-order valence-corrected chi connectivity index (χ0v) is 18.0. The van der Waals surface area contributed by atoms with Crippen molar-refractivity contribution >= 4 is 11.9 Å². The average Bonchev–Trinajstić information content (AvgIpc) is 3.61. The monoisotopic (exact) mass is 399 g/mol. The third-order valence-corrected chi connectivity index (χ3v) is 7.35. The Morgan fingerprint density at radius 1 is 1.10 bits per heavy atom. The van der Waals surface area contributed by atoms with Crippen LogP contribution in [0.2, 0.25) is 0 Å². The first-order chi connectivity index (χ1) is 13.9. The number of rotatable bonds is 3. The maximum Gasteiger partial charge on any atom is 0.319 e. The Morgan fingerprint density at radius 3 is 2.38 bits per heavy atom. The van der Waals surface area contributed by atoms with Gasteiger partial charge in [0.15, 0.2) is 0 Å². The molecule has 1 saturated heterocycles. The Morgan fingerprint density at radius 2 is 1.79 bits per heavy atom. The van der Waals surface area contributed by atoms with E-state index in [1.807, 2.05) is 19.0 Å². The third kappa shape index (κ3) is 3.32. The molecule has 158 valence electrons. The summed E-state index contributed by atoms with van der Waals surface area (Å²) in [5.41, 5.74) is 2.37. The van der Waals surface area contributed by atoms with E-state index in [9.17, 15) is 9.59 Å². The Hall–Kier alpha value is -2.05. The molecule has 0 bridgehead atoms. The highest BCUT2D eigenvalue weighted by atomic mass is 16.2. The lowest BCUT2D eigenvalue weighted by molar-refractivity contribution is -0.135. The summed E-state index contributed by atoms with van der Waals surface area (Å²) in [6.45, 7) is 6.10. The lowest BCUT2D eigenvalue weighted by Crippen LogP contribution is -2.55. The standard InChI is InChI=1S/C22H33N5O2/c1-15-23-19-18(27(15)12-16-4-5-16)13-26(20(28)17-6-7-17)14-22(19)8-10-25(11-9-22)21(29)24(2)3/h16-17H,4-14H2,1-3H3. The van der Waals surface area contributed by atoms with E-state index >= 15 is 0 Å². The van der Waals surface area contributed by atoms with Crippen LogP contribution in [0, 0.1) is 18.8 Å². The van der Waals surface area contributed by atoms with E-state index in [4.69, 9.17) is 4.98 Å². The molecule has 29 heavy (non-hydrogen) atoms. The lowest BCUT2D eigenvalue weighted by atomic mass is 9.72. The van der Waals surface area contributed by atoms with Crippen LogP contribution in [0.25, 0.3) is 0 Å². The smallest absolute Gasteiger partial charge is 0.319 e. The first kappa shape index (κ1) is 18.9. The van der Waals surface area contributed by atoms with Gasteiger partial charge in [-0.15, -0.1) is 0 Å². The van der Waals surface area contributed by atoms with Gasteiger partial charge in [0.2, 0.25) is 5.91 Å². The maximum atomic E-state index is 13.0. The first-order valence-electron chi connectivity index (χ1n) is 11.2. The molecule has 3 amide bonds. The van der Waals surface area contributed by atoms with Crippen molar-refractivity contribution < 1.29 is 9.59 Å². The van der Waals surface area contributed by atoms with Crippen molar-refractivity contribution in [3.8, 4) is 0 Å². The molecular weight excluding hydrogens is 366 g/mol. The normalized spacial score (nSPS) is 23.3. The van der Waals surface area contributed by atoms with Crippen molar-refractivity contribution in [3.63, 3.8) is 0 Å². The predicted octanol–water partition coefficient (Wildman–Crippen LogP) is 2.37. The van der Waals surface area contributed by atoms with Crippen molar-refractivity contribution in [2.45, 2.75) is 64.0 Å². The summed E-state index contributed by atoms with van der Waals surface area (Å²) in [5.74, 6) is 2.44. The van der Waals surface area contributed by atoms with E-state index < -0.39 is 0 Å². The second-order valence-corrected chi connectivity index (χ2v) is 9.92. The molecule has 4 aliphatic rings. The van der Waals surface area contributed by atoms with Crippen molar-refractivity contribution in [2.24, 2.45) is 11.8 Å². The lowest BCUT2D eigenvalue weighted by Gasteiger charge is -2.47. The van der Waals surface area contributed by atoms with Crippen LogP contribution in [0.5, 0.6) is 0 Å². The molecule has 7 heteroatoms. The van der Waals surface area contributed by atoms with Crippen LogP contribution in [0.4, 0.5) is 4.79 Å². The minimum Gasteiger partial charge on any atom is -0.336 e. The van der Waals surface area contributed by atoms with Crippen LogP contribution in [0.15, 0.2) is 0 Å². The fraction of sp³-hybridized carbons (Fsp3) is 0.773. The highest BCUT2D eigenvalue weighted by Gasteiger charge is 2.48. The number of amides is 3. The van der Waals surface area contributed by atoms with Crippen LogP contribution in [0.3, 0.4) is 0 Å². The summed E-state index contributed by atoms with van der Waals surface area (Å²) in [6, 6.07) is 0.0808. The van der Waals surface area contributed by atoms with Gasteiger partial charge in [0.05, 0.1) is 17.9 Å². The molecule has 2 saturated carbocycles. The number of hydrogen-bond acceptors (Lipinski definition) is 3. The van der Waals surface area contributed by atoms with Crippen molar-refractivity contribution in [2.75, 3.05) is 33.7 Å². The zero-order valence-electron chi connectivity index (χ0n) is 18.0. The second-order valence-electron chi connectivity index (χ2n) is 9.92. The summed E-state index contributed by atoms with van der Waals surface area (Å²) in [5, 5.41) is 0. The van der Waals surface area contributed by atoms with Gasteiger partial charge in [0.25, 0.3) is 0 Å². The molecule has 1 spiro atoms. The number of aryl methyl sites for hydroxylation is 1. The number of aromatic nitrogens is 2. The van der Waals surface area contributed by atoms with Gasteiger partial charge in [-0.05, 0) is 51.4 Å². The van der Waals surface area contributed by atoms with Gasteiger partial charge < -0.3 is 19.3 Å². The molecule has 1 aromatic heterocycles. The molecule has 3 fully saturated rings. The van der Waals surface area contributed by atoms with Gasteiger partial charge in [0, 0.05) is 51.6 Å². The predicted molar refractivity (Wildman–Crippen MR) is 109 cm³/mol. The number of nitrogens with zero attached hydrogens (tertiary/aromatic N) is 5. The Kier molecular flexibility index (Phi) is 4.40. The fourth-order valence-corrected chi connectivity index (χ4v) is 5.22. The fourth-order valence-electron chi connectivity index (χ4n) is 5.22. The van der Waals surface area contributed by atoms with Crippen LogP contribution >= 0.6 is 0 Å². The number of likely N-dealkylation sites (tertiary alicyclic amines) is 1. The van der Waals surface area contributed by atoms with E-state index in [1.54, 1.807) is 4.90 Å². The van der Waals surface area contributed by atoms with Gasteiger partial charge in [-0.3, -0.25) is 4.79 Å². The van der Waals surface area contributed by atoms with Crippen molar-refractivity contribution in [1.82, 2.24) is 24.3 Å². The quantitative estimate of drug-likeness (QED) is 0.784. The van der Waals surface area contributed by atoms with Crippen LogP contribution in [0.1, 0.15) is 55.7 Å². The minimum atomic E-state index is -0.110. The summed E-state index contributed by atoms with van der Waals surface area (Å²) in [7, 11) is 3.62. The van der Waals surface area contributed by atoms with Gasteiger partial charge in [0.1, 0.15) is 5.82 Å². The molecule has 2 aliphatic heterocycles. The Bertz CT molecular complexity index is 829. The molecule has 0 radical (unpaired) electrons. The topological polar surface area (TPSA) is 61.7 Å². The van der Waals surface area contributed by atoms with Gasteiger partial charge >= 0.3 is 6.03 Å². The van der Waals surface area contributed by atoms with E-state index in [2.05, 4.69) is 16.4 Å². The highest BCUT2D eigenvalue weighted by molar-refractivity contribution is 5.81. The number of imidazole rings is 1. The van der Waals surface area contributed by atoms with Crippen LogP contribution in [-0.4, -0.2) is 69.9 Å². The maximum absolute atomic E-state index is 13.0. The van der Waals surface area contributed by atoms with E-state index in [0.29, 0.717) is 12.5 Å². The van der Waals surface area contributed by atoms with E-state index in [1.165, 1.54) is 24.2 Å². The molecule has 0 atom stereocenters. The van der Waals surface area contributed by atoms with Crippen LogP contribution in [-0.2, 0) is 23.3 Å². The molecule has 0 N–H and O–H groups in total. The number of carbonyl (C=O) groups excluding carboxylic acids is 2. The molecule has 1 aromatic rings. The third-order valence-electron chi connectivity index (χ3n) is 7.35. The Balaban J connectivity index is 1.46. The summed E-state index contributed by atoms with van der Waals surface area (Å²) >= 11 is 0. The van der Waals surface area contributed by atoms with E-state index in [-0.39, 0.29) is 17.4 Å². The molecule has 3 heterocycles. The summed E-state index contributed by atoms with van der Waals surface area (Å²) in [6.07, 6.45) is 6.47. The molecule has 0 unspecified atom stereocenters. The molecule has 2 aliphatic carbocycles. The number of urea groups is 1. The first-order valence-corrected chi connectivity index (χ1v) is 11.2. The van der Waals surface area contributed by atoms with Gasteiger partial charge in [-0.2, -0.15) is 0 Å². The second kappa shape index (κ2) is 6.74. The molecule has 7 nitrogen and oxygen atoms in total. The van der Waals surface area contributed by atoms with Gasteiger partial charge in [-0.1, -0.05) is 0 Å². The number of fused-ring (bicyclic) bond motifs is 2. The van der Waals surface area contributed by atoms with E-state index in [0.717, 1.165) is 63.6 Å². The number of hydrogen-bond donors (Lipinski definition) is 0. The SMILES string of the molecule is Cc1nc2c(n1CC1CC1)CN(C(=O)C1CC1)CC21CCN(C(=O)N(C)C)CC1. The summed E-state index contributed by atoms with van der Waals surface area (Å²) in [4.78, 5) is 36.3. The number of piperidine rings is 1. The van der Waals surface area contributed by atoms with Crippen molar-refractivity contribution in [3.05, 3.63) is 17.2 Å². The molecule has 5 rings (SSSR count). The van der Waals surface area contributed by atoms with Crippen molar-refractivity contribution in [1.29, 1.82) is 0 Å². The minimum absolute atomic E-state index is 0.0808. The number of carbonyl (C=O) groups is 2. The summed E-state index contributed by atoms with van der Waals surface area (Å²) < 4.78 is 2.40. The average molecular weight is 400 g/mol. The Labute approximate surface area is 173 Å². The highest BCUT2D eigenvalue weighted by Crippen LogP contribution is 2.44. The zero-order chi connectivity index (χ0) is 20.3.